The largest absolute Gasteiger partial charge is 0.378 e. The summed E-state index contributed by atoms with van der Waals surface area (Å²) in [6, 6.07) is 7.89. The number of halogens is 1. The summed E-state index contributed by atoms with van der Waals surface area (Å²) >= 11 is 0. The van der Waals surface area contributed by atoms with Gasteiger partial charge in [0.25, 0.3) is 0 Å². The Kier molecular flexibility index (Phi) is 6.12. The topological polar surface area (TPSA) is 35.6 Å². The van der Waals surface area contributed by atoms with Crippen molar-refractivity contribution in [3.63, 3.8) is 0 Å². The van der Waals surface area contributed by atoms with Crippen molar-refractivity contribution >= 4 is 29.7 Å². The molecule has 1 aromatic carbocycles. The zero-order valence-corrected chi connectivity index (χ0v) is 12.4. The summed E-state index contributed by atoms with van der Waals surface area (Å²) in [5.41, 5.74) is 2.00. The highest BCUT2D eigenvalue weighted by atomic mass is 35.5. The predicted molar refractivity (Wildman–Crippen MR) is 82.3 cm³/mol. The first-order chi connectivity index (χ1) is 8.65. The SMILES string of the molecule is CN(C)c1ccc(NC(=O)CN2CCCC2)cc1.Cl. The second-order valence-corrected chi connectivity index (χ2v) is 4.97. The van der Waals surface area contributed by atoms with Crippen LogP contribution in [0.25, 0.3) is 0 Å². The van der Waals surface area contributed by atoms with Crippen LogP contribution in [0, 0.1) is 0 Å². The van der Waals surface area contributed by atoms with E-state index in [1.54, 1.807) is 0 Å². The summed E-state index contributed by atoms with van der Waals surface area (Å²) in [5, 5.41) is 2.94. The zero-order chi connectivity index (χ0) is 13.0. The second-order valence-electron chi connectivity index (χ2n) is 4.97. The zero-order valence-electron chi connectivity index (χ0n) is 11.6. The molecule has 1 aromatic rings. The third kappa shape index (κ3) is 4.73. The van der Waals surface area contributed by atoms with Crippen LogP contribution in [-0.4, -0.2) is 44.5 Å². The van der Waals surface area contributed by atoms with E-state index < -0.39 is 0 Å². The Bertz CT molecular complexity index is 400. The standard InChI is InChI=1S/C14H21N3O.ClH/c1-16(2)13-7-5-12(6-8-13)15-14(18)11-17-9-3-4-10-17;/h5-8H,3-4,9-11H2,1-2H3,(H,15,18);1H. The number of benzene rings is 1. The van der Waals surface area contributed by atoms with Crippen molar-refractivity contribution in [1.29, 1.82) is 0 Å². The molecule has 19 heavy (non-hydrogen) atoms. The lowest BCUT2D eigenvalue weighted by molar-refractivity contribution is -0.117. The summed E-state index contributed by atoms with van der Waals surface area (Å²) < 4.78 is 0. The maximum Gasteiger partial charge on any atom is 0.238 e. The van der Waals surface area contributed by atoms with Gasteiger partial charge in [0.05, 0.1) is 6.54 Å². The number of anilines is 2. The molecule has 106 valence electrons. The molecule has 0 radical (unpaired) electrons. The van der Waals surface area contributed by atoms with E-state index in [4.69, 9.17) is 0 Å². The monoisotopic (exact) mass is 283 g/mol. The molecule has 0 saturated carbocycles. The quantitative estimate of drug-likeness (QED) is 0.920. The summed E-state index contributed by atoms with van der Waals surface area (Å²) in [5.74, 6) is 0.0782. The highest BCUT2D eigenvalue weighted by Gasteiger charge is 2.14. The number of nitrogens with one attached hydrogen (secondary N) is 1. The molecule has 1 saturated heterocycles. The fourth-order valence-electron chi connectivity index (χ4n) is 2.19. The molecule has 0 aromatic heterocycles. The van der Waals surface area contributed by atoms with Crippen molar-refractivity contribution in [3.05, 3.63) is 24.3 Å². The Hall–Kier alpha value is -1.26. The Morgan fingerprint density at radius 1 is 1.21 bits per heavy atom. The van der Waals surface area contributed by atoms with Crippen LogP contribution in [0.4, 0.5) is 11.4 Å². The minimum Gasteiger partial charge on any atom is -0.378 e. The van der Waals surface area contributed by atoms with Crippen LogP contribution in [0.2, 0.25) is 0 Å². The van der Waals surface area contributed by atoms with Gasteiger partial charge in [-0.05, 0) is 50.2 Å². The molecule has 1 amide bonds. The Balaban J connectivity index is 0.00000180. The van der Waals surface area contributed by atoms with Gasteiger partial charge in [0.1, 0.15) is 0 Å². The summed E-state index contributed by atoms with van der Waals surface area (Å²) in [6.45, 7) is 2.61. The van der Waals surface area contributed by atoms with Crippen LogP contribution >= 0.6 is 12.4 Å². The van der Waals surface area contributed by atoms with Crippen LogP contribution < -0.4 is 10.2 Å². The Labute approximate surface area is 121 Å². The van der Waals surface area contributed by atoms with E-state index in [0.717, 1.165) is 24.5 Å². The van der Waals surface area contributed by atoms with Crippen molar-refractivity contribution in [2.75, 3.05) is 43.9 Å². The fraction of sp³-hybridized carbons (Fsp3) is 0.500. The first-order valence-electron chi connectivity index (χ1n) is 6.45. The molecule has 1 aliphatic rings. The van der Waals surface area contributed by atoms with E-state index in [9.17, 15) is 4.79 Å². The van der Waals surface area contributed by atoms with Gasteiger partial charge in [-0.25, -0.2) is 0 Å². The van der Waals surface area contributed by atoms with Gasteiger partial charge in [-0.2, -0.15) is 0 Å². The number of amides is 1. The maximum atomic E-state index is 11.8. The number of hydrogen-bond donors (Lipinski definition) is 1. The van der Waals surface area contributed by atoms with E-state index in [1.807, 2.05) is 43.3 Å². The molecule has 0 aliphatic carbocycles. The van der Waals surface area contributed by atoms with Crippen LogP contribution in [-0.2, 0) is 4.79 Å². The molecule has 1 aliphatic heterocycles. The van der Waals surface area contributed by atoms with E-state index in [2.05, 4.69) is 10.2 Å². The predicted octanol–water partition coefficient (Wildman–Crippen LogP) is 2.21. The third-order valence-electron chi connectivity index (χ3n) is 3.23. The number of carbonyl (C=O) groups is 1. The van der Waals surface area contributed by atoms with Crippen LogP contribution in [0.3, 0.4) is 0 Å². The molecule has 0 unspecified atom stereocenters. The average molecular weight is 284 g/mol. The third-order valence-corrected chi connectivity index (χ3v) is 3.23. The van der Waals surface area contributed by atoms with Gasteiger partial charge < -0.3 is 10.2 Å². The first kappa shape index (κ1) is 15.8. The Morgan fingerprint density at radius 3 is 2.32 bits per heavy atom. The second kappa shape index (κ2) is 7.36. The molecule has 5 heteroatoms. The Morgan fingerprint density at radius 2 is 1.79 bits per heavy atom. The lowest BCUT2D eigenvalue weighted by Gasteiger charge is -2.15. The summed E-state index contributed by atoms with van der Waals surface area (Å²) in [4.78, 5) is 16.1. The molecule has 2 rings (SSSR count). The molecule has 1 heterocycles. The maximum absolute atomic E-state index is 11.8. The number of carbonyl (C=O) groups excluding carboxylic acids is 1. The molecule has 0 bridgehead atoms. The minimum atomic E-state index is 0. The first-order valence-corrected chi connectivity index (χ1v) is 6.45. The minimum absolute atomic E-state index is 0. The van der Waals surface area contributed by atoms with Crippen molar-refractivity contribution < 1.29 is 4.79 Å². The van der Waals surface area contributed by atoms with Crippen molar-refractivity contribution in [3.8, 4) is 0 Å². The van der Waals surface area contributed by atoms with E-state index in [-0.39, 0.29) is 18.3 Å². The molecule has 1 N–H and O–H groups in total. The number of hydrogen-bond acceptors (Lipinski definition) is 3. The molecule has 0 spiro atoms. The number of rotatable bonds is 4. The highest BCUT2D eigenvalue weighted by Crippen LogP contribution is 2.15. The lowest BCUT2D eigenvalue weighted by Crippen LogP contribution is -2.30. The van der Waals surface area contributed by atoms with E-state index in [1.165, 1.54) is 12.8 Å². The fourth-order valence-corrected chi connectivity index (χ4v) is 2.19. The molecule has 1 fully saturated rings. The van der Waals surface area contributed by atoms with Crippen molar-refractivity contribution in [1.82, 2.24) is 4.90 Å². The van der Waals surface area contributed by atoms with E-state index in [0.29, 0.717) is 6.54 Å². The number of likely N-dealkylation sites (tertiary alicyclic amines) is 1. The van der Waals surface area contributed by atoms with Crippen molar-refractivity contribution in [2.45, 2.75) is 12.8 Å². The van der Waals surface area contributed by atoms with Gasteiger partial charge >= 0.3 is 0 Å². The van der Waals surface area contributed by atoms with Crippen LogP contribution in [0.15, 0.2) is 24.3 Å². The molecular formula is C14H22ClN3O. The molecule has 0 atom stereocenters. The van der Waals surface area contributed by atoms with Gasteiger partial charge in [-0.15, -0.1) is 12.4 Å². The summed E-state index contributed by atoms with van der Waals surface area (Å²) in [7, 11) is 4.00. The van der Waals surface area contributed by atoms with Crippen molar-refractivity contribution in [2.24, 2.45) is 0 Å². The normalized spacial score (nSPS) is 14.8. The van der Waals surface area contributed by atoms with Gasteiger partial charge in [0.2, 0.25) is 5.91 Å². The van der Waals surface area contributed by atoms with Gasteiger partial charge in [-0.1, -0.05) is 0 Å². The number of nitrogens with zero attached hydrogens (tertiary/aromatic N) is 2. The molecular weight excluding hydrogens is 262 g/mol. The lowest BCUT2D eigenvalue weighted by atomic mass is 10.2. The van der Waals surface area contributed by atoms with Crippen LogP contribution in [0.5, 0.6) is 0 Å². The van der Waals surface area contributed by atoms with Gasteiger partial charge in [0.15, 0.2) is 0 Å². The van der Waals surface area contributed by atoms with Gasteiger partial charge in [0, 0.05) is 25.5 Å². The average Bonchev–Trinajstić information content (AvgIpc) is 2.82. The molecule has 4 nitrogen and oxygen atoms in total. The smallest absolute Gasteiger partial charge is 0.238 e. The van der Waals surface area contributed by atoms with Gasteiger partial charge in [-0.3, -0.25) is 9.69 Å². The summed E-state index contributed by atoms with van der Waals surface area (Å²) in [6.07, 6.45) is 2.43. The highest BCUT2D eigenvalue weighted by molar-refractivity contribution is 5.92. The van der Waals surface area contributed by atoms with E-state index >= 15 is 0 Å². The van der Waals surface area contributed by atoms with Crippen LogP contribution in [0.1, 0.15) is 12.8 Å².